The summed E-state index contributed by atoms with van der Waals surface area (Å²) in [6, 6.07) is 15.6. The van der Waals surface area contributed by atoms with Crippen molar-refractivity contribution in [1.29, 1.82) is 0 Å². The molecule has 0 fully saturated rings. The van der Waals surface area contributed by atoms with E-state index in [9.17, 15) is 14.9 Å². The van der Waals surface area contributed by atoms with Crippen LogP contribution in [0.3, 0.4) is 0 Å². The lowest BCUT2D eigenvalue weighted by atomic mass is 10.2. The number of hydrogen-bond donors (Lipinski definition) is 0. The van der Waals surface area contributed by atoms with Crippen molar-refractivity contribution in [1.82, 2.24) is 0 Å². The number of carbonyl (C=O) groups is 1. The van der Waals surface area contributed by atoms with Crippen LogP contribution in [0.1, 0.15) is 12.5 Å². The van der Waals surface area contributed by atoms with Crippen LogP contribution in [0.25, 0.3) is 4.91 Å². The van der Waals surface area contributed by atoms with Gasteiger partial charge >= 0.3 is 5.97 Å². The summed E-state index contributed by atoms with van der Waals surface area (Å²) in [5.74, 6) is -0.416. The van der Waals surface area contributed by atoms with Crippen LogP contribution in [0.4, 0.5) is 5.69 Å². The van der Waals surface area contributed by atoms with Crippen LogP contribution < -0.4 is 0 Å². The molecular formula is C17H15NO4S. The standard InChI is InChI=1S/C17H15NO4S/c1-2-22-17(19)12-16(13-6-4-3-5-7-13)23-15-10-8-14(9-11-15)18(20)21/h3-12H,2H2,1H3. The minimum Gasteiger partial charge on any atom is -0.463 e. The second-order valence-electron chi connectivity index (χ2n) is 4.48. The van der Waals surface area contributed by atoms with E-state index in [1.807, 2.05) is 30.3 Å². The van der Waals surface area contributed by atoms with E-state index in [1.165, 1.54) is 30.0 Å². The number of carbonyl (C=O) groups excluding carboxylic acids is 1. The third-order valence-electron chi connectivity index (χ3n) is 2.87. The van der Waals surface area contributed by atoms with Crippen LogP contribution in [0.15, 0.2) is 65.6 Å². The molecule has 0 aliphatic carbocycles. The lowest BCUT2D eigenvalue weighted by molar-refractivity contribution is -0.384. The molecule has 0 bridgehead atoms. The minimum absolute atomic E-state index is 0.0324. The van der Waals surface area contributed by atoms with Gasteiger partial charge in [-0.05, 0) is 24.6 Å². The Labute approximate surface area is 138 Å². The molecule has 23 heavy (non-hydrogen) atoms. The van der Waals surface area contributed by atoms with Crippen LogP contribution in [0.2, 0.25) is 0 Å². The predicted octanol–water partition coefficient (Wildman–Crippen LogP) is 4.29. The van der Waals surface area contributed by atoms with Crippen LogP contribution in [-0.2, 0) is 9.53 Å². The highest BCUT2D eigenvalue weighted by Gasteiger charge is 2.10. The maximum Gasteiger partial charge on any atom is 0.331 e. The molecule has 0 radical (unpaired) electrons. The topological polar surface area (TPSA) is 69.4 Å². The van der Waals surface area contributed by atoms with Crippen molar-refractivity contribution in [2.75, 3.05) is 6.61 Å². The van der Waals surface area contributed by atoms with Gasteiger partial charge in [-0.15, -0.1) is 0 Å². The van der Waals surface area contributed by atoms with Crippen LogP contribution in [0.5, 0.6) is 0 Å². The number of benzene rings is 2. The number of esters is 1. The first-order valence-corrected chi connectivity index (χ1v) is 7.78. The number of rotatable bonds is 6. The molecule has 2 rings (SSSR count). The summed E-state index contributed by atoms with van der Waals surface area (Å²) in [6.45, 7) is 2.05. The number of ether oxygens (including phenoxy) is 1. The van der Waals surface area contributed by atoms with Crippen molar-refractivity contribution in [2.45, 2.75) is 11.8 Å². The van der Waals surface area contributed by atoms with Crippen LogP contribution in [-0.4, -0.2) is 17.5 Å². The molecule has 118 valence electrons. The van der Waals surface area contributed by atoms with Gasteiger partial charge in [-0.25, -0.2) is 4.79 Å². The van der Waals surface area contributed by atoms with Gasteiger partial charge in [-0.2, -0.15) is 0 Å². The molecule has 5 nitrogen and oxygen atoms in total. The van der Waals surface area contributed by atoms with E-state index in [2.05, 4.69) is 0 Å². The monoisotopic (exact) mass is 329 g/mol. The van der Waals surface area contributed by atoms with Gasteiger partial charge in [0.25, 0.3) is 5.69 Å². The van der Waals surface area contributed by atoms with Crippen molar-refractivity contribution in [2.24, 2.45) is 0 Å². The molecule has 2 aromatic carbocycles. The molecule has 0 heterocycles. The smallest absolute Gasteiger partial charge is 0.331 e. The molecule has 2 aromatic rings. The normalized spacial score (nSPS) is 11.1. The summed E-state index contributed by atoms with van der Waals surface area (Å²) in [4.78, 5) is 23.5. The molecule has 0 aromatic heterocycles. The Kier molecular flexibility index (Phi) is 5.94. The Morgan fingerprint density at radius 3 is 2.39 bits per heavy atom. The third kappa shape index (κ3) is 4.96. The average Bonchev–Trinajstić information content (AvgIpc) is 2.56. The first-order valence-electron chi connectivity index (χ1n) is 6.96. The molecule has 6 heteroatoms. The predicted molar refractivity (Wildman–Crippen MR) is 90.0 cm³/mol. The van der Waals surface area contributed by atoms with E-state index in [4.69, 9.17) is 4.74 Å². The van der Waals surface area contributed by atoms with Crippen LogP contribution in [0, 0.1) is 10.1 Å². The van der Waals surface area contributed by atoms with Crippen molar-refractivity contribution < 1.29 is 14.5 Å². The van der Waals surface area contributed by atoms with Crippen molar-refractivity contribution in [3.8, 4) is 0 Å². The van der Waals surface area contributed by atoms with E-state index in [-0.39, 0.29) is 5.69 Å². The molecule has 0 saturated carbocycles. The molecule has 0 aliphatic rings. The molecule has 0 amide bonds. The Bertz CT molecular complexity index is 711. The Morgan fingerprint density at radius 2 is 1.83 bits per heavy atom. The average molecular weight is 329 g/mol. The number of nitro groups is 1. The third-order valence-corrected chi connectivity index (χ3v) is 3.95. The Morgan fingerprint density at radius 1 is 1.17 bits per heavy atom. The number of thioether (sulfide) groups is 1. The number of nitro benzene ring substituents is 1. The number of non-ortho nitro benzene ring substituents is 1. The minimum atomic E-state index is -0.443. The van der Waals surface area contributed by atoms with E-state index in [1.54, 1.807) is 19.1 Å². The summed E-state index contributed by atoms with van der Waals surface area (Å²) < 4.78 is 4.96. The van der Waals surface area contributed by atoms with Gasteiger partial charge < -0.3 is 4.74 Å². The van der Waals surface area contributed by atoms with Gasteiger partial charge in [0.15, 0.2) is 0 Å². The van der Waals surface area contributed by atoms with E-state index in [0.717, 1.165) is 15.4 Å². The van der Waals surface area contributed by atoms with Crippen molar-refractivity contribution in [3.05, 3.63) is 76.4 Å². The molecule has 0 spiro atoms. The highest BCUT2D eigenvalue weighted by molar-refractivity contribution is 8.08. The fourth-order valence-electron chi connectivity index (χ4n) is 1.83. The maximum absolute atomic E-state index is 11.8. The number of hydrogen-bond acceptors (Lipinski definition) is 5. The summed E-state index contributed by atoms with van der Waals surface area (Å²) in [6.07, 6.45) is 1.44. The van der Waals surface area contributed by atoms with Gasteiger partial charge in [0.05, 0.1) is 11.5 Å². The second-order valence-corrected chi connectivity index (χ2v) is 5.60. The first kappa shape index (κ1) is 16.8. The largest absolute Gasteiger partial charge is 0.463 e. The van der Waals surface area contributed by atoms with Crippen molar-refractivity contribution >= 4 is 28.3 Å². The maximum atomic E-state index is 11.8. The van der Waals surface area contributed by atoms with Gasteiger partial charge in [-0.3, -0.25) is 10.1 Å². The molecular weight excluding hydrogens is 314 g/mol. The summed E-state index contributed by atoms with van der Waals surface area (Å²) in [5.41, 5.74) is 0.911. The first-order chi connectivity index (χ1) is 11.1. The number of nitrogens with zero attached hydrogens (tertiary/aromatic N) is 1. The highest BCUT2D eigenvalue weighted by Crippen LogP contribution is 2.34. The van der Waals surface area contributed by atoms with Gasteiger partial charge in [0.2, 0.25) is 0 Å². The Hall–Kier alpha value is -2.60. The molecule has 0 atom stereocenters. The quantitative estimate of drug-likeness (QED) is 0.260. The fraction of sp³-hybridized carbons (Fsp3) is 0.118. The lowest BCUT2D eigenvalue weighted by Crippen LogP contribution is -2.00. The van der Waals surface area contributed by atoms with Gasteiger partial charge in [0.1, 0.15) is 0 Å². The SMILES string of the molecule is CCOC(=O)C=C(Sc1ccc([N+](=O)[O-])cc1)c1ccccc1. The second kappa shape index (κ2) is 8.14. The van der Waals surface area contributed by atoms with Gasteiger partial charge in [-0.1, -0.05) is 42.1 Å². The van der Waals surface area contributed by atoms with Crippen LogP contribution >= 0.6 is 11.8 Å². The summed E-state index contributed by atoms with van der Waals surface area (Å²) >= 11 is 1.35. The Balaban J connectivity index is 2.27. The van der Waals surface area contributed by atoms with Gasteiger partial charge in [0, 0.05) is 28.0 Å². The van der Waals surface area contributed by atoms with E-state index in [0.29, 0.717) is 6.61 Å². The molecule has 0 saturated heterocycles. The zero-order valence-corrected chi connectivity index (χ0v) is 13.3. The zero-order valence-electron chi connectivity index (χ0n) is 12.5. The lowest BCUT2D eigenvalue weighted by Gasteiger charge is -2.08. The van der Waals surface area contributed by atoms with E-state index >= 15 is 0 Å². The summed E-state index contributed by atoms with van der Waals surface area (Å²) in [5, 5.41) is 10.7. The molecule has 0 unspecified atom stereocenters. The molecule has 0 N–H and O–H groups in total. The van der Waals surface area contributed by atoms with E-state index < -0.39 is 10.9 Å². The fourth-order valence-corrected chi connectivity index (χ4v) is 2.76. The zero-order chi connectivity index (χ0) is 16.7. The summed E-state index contributed by atoms with van der Waals surface area (Å²) in [7, 11) is 0. The highest BCUT2D eigenvalue weighted by atomic mass is 32.2. The van der Waals surface area contributed by atoms with Crippen molar-refractivity contribution in [3.63, 3.8) is 0 Å². The molecule has 0 aliphatic heterocycles.